The molecule has 2 aromatic carbocycles. The molecule has 2 N–H and O–H groups in total. The van der Waals surface area contributed by atoms with E-state index in [1.54, 1.807) is 25.1 Å². The first-order chi connectivity index (χ1) is 8.97. The second-order valence-electron chi connectivity index (χ2n) is 4.08. The van der Waals surface area contributed by atoms with Gasteiger partial charge in [0.15, 0.2) is 0 Å². The first-order valence-electron chi connectivity index (χ1n) is 5.53. The number of hydrogen-bond acceptors (Lipinski definition) is 2. The molecule has 0 aliphatic carbocycles. The van der Waals surface area contributed by atoms with Gasteiger partial charge >= 0.3 is 5.97 Å². The van der Waals surface area contributed by atoms with Crippen LogP contribution in [0.25, 0.3) is 0 Å². The summed E-state index contributed by atoms with van der Waals surface area (Å²) in [7, 11) is 0. The minimum absolute atomic E-state index is 0.254. The molecule has 0 aliphatic rings. The molecule has 19 heavy (non-hydrogen) atoms. The van der Waals surface area contributed by atoms with Crippen molar-refractivity contribution in [1.29, 1.82) is 0 Å². The molecule has 0 amide bonds. The molecule has 0 heterocycles. The molecule has 0 atom stereocenters. The van der Waals surface area contributed by atoms with Crippen molar-refractivity contribution in [3.63, 3.8) is 0 Å². The Morgan fingerprint density at radius 1 is 1.26 bits per heavy atom. The molecule has 0 fully saturated rings. The summed E-state index contributed by atoms with van der Waals surface area (Å²) in [5, 5.41) is 12.0. The Labute approximate surface area is 118 Å². The van der Waals surface area contributed by atoms with Crippen molar-refractivity contribution >= 4 is 33.3 Å². The number of carboxylic acid groups (broad SMARTS) is 1. The average Bonchev–Trinajstić information content (AvgIpc) is 2.33. The van der Waals surface area contributed by atoms with Gasteiger partial charge in [0, 0.05) is 10.2 Å². The van der Waals surface area contributed by atoms with Crippen LogP contribution in [0.1, 0.15) is 15.9 Å². The van der Waals surface area contributed by atoms with Gasteiger partial charge in [-0.15, -0.1) is 0 Å². The topological polar surface area (TPSA) is 49.3 Å². The third-order valence-electron chi connectivity index (χ3n) is 2.66. The van der Waals surface area contributed by atoms with Crippen LogP contribution in [0.5, 0.6) is 0 Å². The average molecular weight is 324 g/mol. The van der Waals surface area contributed by atoms with Gasteiger partial charge < -0.3 is 10.4 Å². The summed E-state index contributed by atoms with van der Waals surface area (Å²) in [6.45, 7) is 1.72. The number of hydrogen-bond donors (Lipinski definition) is 2. The predicted octanol–water partition coefficient (Wildman–Crippen LogP) is 4.34. The Balaban J connectivity index is 2.31. The van der Waals surface area contributed by atoms with Crippen molar-refractivity contribution in [2.24, 2.45) is 0 Å². The molecule has 0 saturated carbocycles. The van der Waals surface area contributed by atoms with E-state index in [-0.39, 0.29) is 11.4 Å². The minimum atomic E-state index is -0.962. The van der Waals surface area contributed by atoms with Gasteiger partial charge in [-0.1, -0.05) is 0 Å². The molecule has 0 aliphatic heterocycles. The van der Waals surface area contributed by atoms with E-state index >= 15 is 0 Å². The van der Waals surface area contributed by atoms with Crippen LogP contribution in [0.4, 0.5) is 15.8 Å². The highest BCUT2D eigenvalue weighted by Crippen LogP contribution is 2.27. The van der Waals surface area contributed by atoms with E-state index in [1.165, 1.54) is 18.2 Å². The lowest BCUT2D eigenvalue weighted by Crippen LogP contribution is -2.00. The standard InChI is InChI=1S/C14H11BrFNO2/c1-8-6-10(3-4-11(8)14(18)19)17-13-7-9(16)2-5-12(13)15/h2-7,17H,1H3,(H,18,19). The molecular weight excluding hydrogens is 313 g/mol. The van der Waals surface area contributed by atoms with Gasteiger partial charge in [-0.3, -0.25) is 0 Å². The van der Waals surface area contributed by atoms with E-state index in [9.17, 15) is 9.18 Å². The maximum Gasteiger partial charge on any atom is 0.335 e. The fourth-order valence-electron chi connectivity index (χ4n) is 1.73. The fourth-order valence-corrected chi connectivity index (χ4v) is 2.08. The van der Waals surface area contributed by atoms with Crippen molar-refractivity contribution in [3.05, 3.63) is 57.8 Å². The summed E-state index contributed by atoms with van der Waals surface area (Å²) in [5.41, 5.74) is 2.19. The van der Waals surface area contributed by atoms with Gasteiger partial charge in [0.2, 0.25) is 0 Å². The smallest absolute Gasteiger partial charge is 0.335 e. The SMILES string of the molecule is Cc1cc(Nc2cc(F)ccc2Br)ccc1C(=O)O. The van der Waals surface area contributed by atoms with E-state index in [4.69, 9.17) is 5.11 Å². The minimum Gasteiger partial charge on any atom is -0.478 e. The number of benzene rings is 2. The third kappa shape index (κ3) is 3.12. The Morgan fingerprint density at radius 2 is 2.00 bits per heavy atom. The molecule has 2 rings (SSSR count). The summed E-state index contributed by atoms with van der Waals surface area (Å²) in [5.74, 6) is -1.31. The van der Waals surface area contributed by atoms with E-state index in [0.29, 0.717) is 16.9 Å². The van der Waals surface area contributed by atoms with E-state index < -0.39 is 5.97 Å². The number of carbonyl (C=O) groups is 1. The summed E-state index contributed by atoms with van der Waals surface area (Å²) in [4.78, 5) is 10.9. The first-order valence-corrected chi connectivity index (χ1v) is 6.32. The molecule has 5 heteroatoms. The van der Waals surface area contributed by atoms with Crippen molar-refractivity contribution in [2.75, 3.05) is 5.32 Å². The normalized spacial score (nSPS) is 10.3. The number of rotatable bonds is 3. The number of halogens is 2. The van der Waals surface area contributed by atoms with Crippen LogP contribution in [0.15, 0.2) is 40.9 Å². The van der Waals surface area contributed by atoms with Crippen molar-refractivity contribution in [1.82, 2.24) is 0 Å². The summed E-state index contributed by atoms with van der Waals surface area (Å²) in [6.07, 6.45) is 0. The lowest BCUT2D eigenvalue weighted by Gasteiger charge is -2.10. The van der Waals surface area contributed by atoms with E-state index in [0.717, 1.165) is 4.47 Å². The summed E-state index contributed by atoms with van der Waals surface area (Å²) >= 11 is 3.32. The number of nitrogens with one attached hydrogen (secondary N) is 1. The van der Waals surface area contributed by atoms with Crippen LogP contribution < -0.4 is 5.32 Å². The molecule has 0 bridgehead atoms. The molecule has 0 unspecified atom stereocenters. The van der Waals surface area contributed by atoms with Gasteiger partial charge in [0.05, 0.1) is 11.3 Å². The summed E-state index contributed by atoms with van der Waals surface area (Å²) < 4.78 is 13.9. The molecule has 2 aromatic rings. The number of aryl methyl sites for hydroxylation is 1. The van der Waals surface area contributed by atoms with Crippen LogP contribution in [-0.2, 0) is 0 Å². The maximum absolute atomic E-state index is 13.2. The zero-order chi connectivity index (χ0) is 14.0. The monoisotopic (exact) mass is 323 g/mol. The molecule has 3 nitrogen and oxygen atoms in total. The van der Waals surface area contributed by atoms with Crippen molar-refractivity contribution in [2.45, 2.75) is 6.92 Å². The second kappa shape index (κ2) is 5.40. The van der Waals surface area contributed by atoms with Crippen LogP contribution in [0.3, 0.4) is 0 Å². The zero-order valence-corrected chi connectivity index (χ0v) is 11.7. The van der Waals surface area contributed by atoms with Gasteiger partial charge in [0.25, 0.3) is 0 Å². The zero-order valence-electron chi connectivity index (χ0n) is 10.1. The van der Waals surface area contributed by atoms with Gasteiger partial charge in [-0.2, -0.15) is 0 Å². The summed E-state index contributed by atoms with van der Waals surface area (Å²) in [6, 6.07) is 9.20. The van der Waals surface area contributed by atoms with Crippen molar-refractivity contribution in [3.8, 4) is 0 Å². The number of carboxylic acids is 1. The second-order valence-corrected chi connectivity index (χ2v) is 4.94. The highest BCUT2D eigenvalue weighted by molar-refractivity contribution is 9.10. The largest absolute Gasteiger partial charge is 0.478 e. The molecule has 0 aromatic heterocycles. The van der Waals surface area contributed by atoms with E-state index in [2.05, 4.69) is 21.2 Å². The van der Waals surface area contributed by atoms with Crippen LogP contribution >= 0.6 is 15.9 Å². The van der Waals surface area contributed by atoms with Crippen LogP contribution in [-0.4, -0.2) is 11.1 Å². The van der Waals surface area contributed by atoms with Gasteiger partial charge in [-0.25, -0.2) is 9.18 Å². The molecule has 0 saturated heterocycles. The van der Waals surface area contributed by atoms with Crippen LogP contribution in [0, 0.1) is 12.7 Å². The molecule has 0 radical (unpaired) electrons. The highest BCUT2D eigenvalue weighted by atomic mass is 79.9. The highest BCUT2D eigenvalue weighted by Gasteiger charge is 2.08. The Hall–Kier alpha value is -1.88. The Morgan fingerprint density at radius 3 is 2.63 bits per heavy atom. The third-order valence-corrected chi connectivity index (χ3v) is 3.36. The Bertz CT molecular complexity index is 643. The van der Waals surface area contributed by atoms with E-state index in [1.807, 2.05) is 0 Å². The lowest BCUT2D eigenvalue weighted by atomic mass is 10.1. The lowest BCUT2D eigenvalue weighted by molar-refractivity contribution is 0.0696. The van der Waals surface area contributed by atoms with Gasteiger partial charge in [-0.05, 0) is 64.8 Å². The van der Waals surface area contributed by atoms with Crippen LogP contribution in [0.2, 0.25) is 0 Å². The molecule has 0 spiro atoms. The quantitative estimate of drug-likeness (QED) is 0.883. The van der Waals surface area contributed by atoms with Crippen molar-refractivity contribution < 1.29 is 14.3 Å². The molecular formula is C14H11BrFNO2. The first kappa shape index (κ1) is 13.5. The maximum atomic E-state index is 13.2. The number of aromatic carboxylic acids is 1. The Kier molecular flexibility index (Phi) is 3.85. The number of anilines is 2. The fraction of sp³-hybridized carbons (Fsp3) is 0.0714. The van der Waals surface area contributed by atoms with Gasteiger partial charge in [0.1, 0.15) is 5.82 Å². The molecule has 98 valence electrons. The predicted molar refractivity (Wildman–Crippen MR) is 75.5 cm³/mol.